The lowest BCUT2D eigenvalue weighted by molar-refractivity contribution is -0.389. The molecule has 17 heavy (non-hydrogen) atoms. The highest BCUT2D eigenvalue weighted by molar-refractivity contribution is 14.1. The van der Waals surface area contributed by atoms with Crippen molar-refractivity contribution in [3.8, 4) is 0 Å². The van der Waals surface area contributed by atoms with Crippen LogP contribution in [0.4, 0.5) is 18.9 Å². The van der Waals surface area contributed by atoms with Crippen LogP contribution >= 0.6 is 34.2 Å². The number of halogens is 5. The fraction of sp³-hybridized carbons (Fsp3) is 0.125. The quantitative estimate of drug-likeness (QED) is 0.341. The fourth-order valence-electron chi connectivity index (χ4n) is 1.19. The summed E-state index contributed by atoms with van der Waals surface area (Å²) >= 11 is 6.36. The third kappa shape index (κ3) is 2.86. The van der Waals surface area contributed by atoms with Crippen LogP contribution in [0.15, 0.2) is 12.1 Å². The molecule has 92 valence electrons. The summed E-state index contributed by atoms with van der Waals surface area (Å²) in [6.07, 6.45) is -5.02. The van der Waals surface area contributed by atoms with E-state index < -0.39 is 33.2 Å². The molecule has 0 aliphatic rings. The zero-order chi connectivity index (χ0) is 13.4. The fourth-order valence-corrected chi connectivity index (χ4v) is 2.00. The molecule has 0 spiro atoms. The molecule has 0 saturated heterocycles. The smallest absolute Gasteiger partial charge is 0.276 e. The summed E-state index contributed by atoms with van der Waals surface area (Å²) in [5, 5.41) is 9.22. The first kappa shape index (κ1) is 14.2. The lowest BCUT2D eigenvalue weighted by Gasteiger charge is -2.11. The summed E-state index contributed by atoms with van der Waals surface area (Å²) in [4.78, 5) is 20.3. The van der Waals surface area contributed by atoms with Crippen molar-refractivity contribution in [1.82, 2.24) is 0 Å². The van der Waals surface area contributed by atoms with Crippen molar-refractivity contribution in [1.29, 1.82) is 0 Å². The highest BCUT2D eigenvalue weighted by Gasteiger charge is 2.43. The molecule has 0 unspecified atom stereocenters. The van der Waals surface area contributed by atoms with Crippen LogP contribution in [-0.2, 0) is 6.18 Å². The van der Waals surface area contributed by atoms with Crippen molar-refractivity contribution in [2.24, 2.45) is 0 Å². The Morgan fingerprint density at radius 3 is 2.29 bits per heavy atom. The van der Waals surface area contributed by atoms with Gasteiger partial charge in [-0.05, 0) is 46.3 Å². The molecule has 1 rings (SSSR count). The van der Waals surface area contributed by atoms with Crippen molar-refractivity contribution >= 4 is 45.1 Å². The standard InChI is InChI=1S/C8H2ClF3INO3/c9-7(15)3-1-2-4(13)6(14(16)17)5(3)8(10,11)12/h1-2H. The van der Waals surface area contributed by atoms with Crippen LogP contribution in [0, 0.1) is 13.7 Å². The van der Waals surface area contributed by atoms with Gasteiger partial charge in [-0.15, -0.1) is 0 Å². The Labute approximate surface area is 111 Å². The molecule has 0 saturated carbocycles. The largest absolute Gasteiger partial charge is 0.423 e. The van der Waals surface area contributed by atoms with Gasteiger partial charge in [0.25, 0.3) is 10.9 Å². The topological polar surface area (TPSA) is 60.2 Å². The highest BCUT2D eigenvalue weighted by atomic mass is 127. The average Bonchev–Trinajstić information content (AvgIpc) is 2.14. The maximum atomic E-state index is 12.7. The van der Waals surface area contributed by atoms with Crippen LogP contribution in [0.25, 0.3) is 0 Å². The summed E-state index contributed by atoms with van der Waals surface area (Å²) < 4.78 is 37.9. The van der Waals surface area contributed by atoms with Crippen molar-refractivity contribution in [3.63, 3.8) is 0 Å². The Hall–Kier alpha value is -0.900. The van der Waals surface area contributed by atoms with E-state index in [1.807, 2.05) is 0 Å². The maximum Gasteiger partial charge on any atom is 0.423 e. The average molecular weight is 379 g/mol. The minimum absolute atomic E-state index is 0.221. The van der Waals surface area contributed by atoms with Crippen LogP contribution in [0.5, 0.6) is 0 Å². The lowest BCUT2D eigenvalue weighted by Crippen LogP contribution is -2.15. The molecule has 0 bridgehead atoms. The number of nitrogens with zero attached hydrogens (tertiary/aromatic N) is 1. The minimum atomic E-state index is -5.02. The van der Waals surface area contributed by atoms with Gasteiger partial charge in [-0.2, -0.15) is 13.2 Å². The third-order valence-corrected chi connectivity index (χ3v) is 2.88. The Bertz CT molecular complexity index is 504. The van der Waals surface area contributed by atoms with Crippen molar-refractivity contribution in [2.75, 3.05) is 0 Å². The number of hydrogen-bond acceptors (Lipinski definition) is 3. The summed E-state index contributed by atoms with van der Waals surface area (Å²) in [6, 6.07) is 1.84. The molecule has 9 heteroatoms. The zero-order valence-electron chi connectivity index (χ0n) is 7.72. The summed E-state index contributed by atoms with van der Waals surface area (Å²) in [7, 11) is 0. The zero-order valence-corrected chi connectivity index (χ0v) is 10.6. The summed E-state index contributed by atoms with van der Waals surface area (Å²) in [5.41, 5.74) is -3.70. The second-order valence-corrected chi connectivity index (χ2v) is 4.35. The van der Waals surface area contributed by atoms with Crippen molar-refractivity contribution < 1.29 is 22.9 Å². The maximum absolute atomic E-state index is 12.7. The van der Waals surface area contributed by atoms with Gasteiger partial charge in [0.15, 0.2) is 0 Å². The van der Waals surface area contributed by atoms with Crippen LogP contribution in [0.2, 0.25) is 0 Å². The second kappa shape index (κ2) is 4.77. The van der Waals surface area contributed by atoms with Gasteiger partial charge in [0.1, 0.15) is 5.56 Å². The Balaban J connectivity index is 3.75. The number of hydrogen-bond donors (Lipinski definition) is 0. The number of benzene rings is 1. The van der Waals surface area contributed by atoms with Gasteiger partial charge >= 0.3 is 6.18 Å². The predicted octanol–water partition coefficient (Wildman–Crippen LogP) is 3.60. The minimum Gasteiger partial charge on any atom is -0.276 e. The number of carbonyl (C=O) groups is 1. The van der Waals surface area contributed by atoms with Crippen LogP contribution in [-0.4, -0.2) is 10.2 Å². The highest BCUT2D eigenvalue weighted by Crippen LogP contribution is 2.41. The van der Waals surface area contributed by atoms with Gasteiger partial charge in [0.2, 0.25) is 0 Å². The molecule has 0 aliphatic carbocycles. The SMILES string of the molecule is O=C(Cl)c1ccc(I)c([N+](=O)[O-])c1C(F)(F)F. The van der Waals surface area contributed by atoms with Crippen LogP contribution in [0.3, 0.4) is 0 Å². The summed E-state index contributed by atoms with van der Waals surface area (Å²) in [5.74, 6) is 0. The lowest BCUT2D eigenvalue weighted by atomic mass is 10.1. The molecule has 0 amide bonds. The Kier molecular flexibility index (Phi) is 3.97. The molecular weight excluding hydrogens is 377 g/mol. The molecule has 0 atom stereocenters. The van der Waals surface area contributed by atoms with Crippen molar-refractivity contribution in [3.05, 3.63) is 36.9 Å². The van der Waals surface area contributed by atoms with E-state index in [0.29, 0.717) is 0 Å². The summed E-state index contributed by atoms with van der Waals surface area (Å²) in [6.45, 7) is 0. The van der Waals surface area contributed by atoms with Gasteiger partial charge in [-0.25, -0.2) is 0 Å². The molecule has 1 aromatic carbocycles. The van der Waals surface area contributed by atoms with Crippen LogP contribution < -0.4 is 0 Å². The first-order valence-corrected chi connectivity index (χ1v) is 5.36. The Morgan fingerprint density at radius 1 is 1.41 bits per heavy atom. The molecule has 0 heterocycles. The molecule has 1 aromatic rings. The monoisotopic (exact) mass is 379 g/mol. The Morgan fingerprint density at radius 2 is 1.94 bits per heavy atom. The van der Waals surface area contributed by atoms with Crippen LogP contribution in [0.1, 0.15) is 15.9 Å². The first-order chi connectivity index (χ1) is 7.66. The molecule has 0 aliphatic heterocycles. The molecule has 0 radical (unpaired) electrons. The number of alkyl halides is 3. The molecule has 4 nitrogen and oxygen atoms in total. The van der Waals surface area contributed by atoms with Gasteiger partial charge in [-0.3, -0.25) is 14.9 Å². The molecule has 0 aromatic heterocycles. The van der Waals surface area contributed by atoms with E-state index >= 15 is 0 Å². The number of rotatable bonds is 2. The van der Waals surface area contributed by atoms with E-state index in [-0.39, 0.29) is 3.57 Å². The van der Waals surface area contributed by atoms with E-state index in [0.717, 1.165) is 12.1 Å². The molecular formula is C8H2ClF3INO3. The van der Waals surface area contributed by atoms with E-state index in [4.69, 9.17) is 11.6 Å². The van der Waals surface area contributed by atoms with Gasteiger partial charge < -0.3 is 0 Å². The van der Waals surface area contributed by atoms with E-state index in [2.05, 4.69) is 0 Å². The van der Waals surface area contributed by atoms with Gasteiger partial charge in [0.05, 0.1) is 14.1 Å². The van der Waals surface area contributed by atoms with Gasteiger partial charge in [0, 0.05) is 0 Å². The van der Waals surface area contributed by atoms with E-state index in [1.165, 1.54) is 22.6 Å². The number of nitro groups is 1. The van der Waals surface area contributed by atoms with Gasteiger partial charge in [-0.1, -0.05) is 0 Å². The van der Waals surface area contributed by atoms with Crippen molar-refractivity contribution in [2.45, 2.75) is 6.18 Å². The molecule has 0 fully saturated rings. The normalized spacial score (nSPS) is 11.4. The number of nitro benzene ring substituents is 1. The van der Waals surface area contributed by atoms with E-state index in [9.17, 15) is 28.1 Å². The number of carbonyl (C=O) groups excluding carboxylic acids is 1. The molecule has 0 N–H and O–H groups in total. The third-order valence-electron chi connectivity index (χ3n) is 1.81. The van der Waals surface area contributed by atoms with E-state index in [1.54, 1.807) is 0 Å². The second-order valence-electron chi connectivity index (χ2n) is 2.85. The first-order valence-electron chi connectivity index (χ1n) is 3.90. The predicted molar refractivity (Wildman–Crippen MR) is 61.0 cm³/mol.